The molecule has 0 saturated heterocycles. The molecule has 0 spiro atoms. The van der Waals surface area contributed by atoms with E-state index in [0.29, 0.717) is 29.4 Å². The van der Waals surface area contributed by atoms with E-state index in [0.717, 1.165) is 11.2 Å². The van der Waals surface area contributed by atoms with Crippen molar-refractivity contribution in [3.8, 4) is 5.75 Å². The Hall–Kier alpha value is -2.75. The van der Waals surface area contributed by atoms with Gasteiger partial charge in [0.25, 0.3) is 11.6 Å². The molecule has 0 unspecified atom stereocenters. The second-order valence-electron chi connectivity index (χ2n) is 6.86. The standard InChI is InChI=1S/C20H21ClN4O4S/c1-23(2)9-4-10-24(19(26)15-11-13(25(27)28)5-7-16(15)21)20-22-17-12-14(29-3)6-8-18(17)30-20/h5-8,11-12H,4,9-10H2,1-3H3. The van der Waals surface area contributed by atoms with Crippen LogP contribution in [0.5, 0.6) is 5.75 Å². The Bertz CT molecular complexity index is 1090. The highest BCUT2D eigenvalue weighted by Crippen LogP contribution is 2.33. The van der Waals surface area contributed by atoms with E-state index in [9.17, 15) is 14.9 Å². The number of carbonyl (C=O) groups excluding carboxylic acids is 1. The second-order valence-corrected chi connectivity index (χ2v) is 8.28. The molecular weight excluding hydrogens is 428 g/mol. The fourth-order valence-corrected chi connectivity index (χ4v) is 4.07. The topological polar surface area (TPSA) is 88.8 Å². The lowest BCUT2D eigenvalue weighted by Crippen LogP contribution is -2.33. The number of nitro groups is 1. The summed E-state index contributed by atoms with van der Waals surface area (Å²) in [7, 11) is 5.48. The number of amides is 1. The van der Waals surface area contributed by atoms with Crippen LogP contribution in [0.4, 0.5) is 10.8 Å². The van der Waals surface area contributed by atoms with Gasteiger partial charge in [-0.2, -0.15) is 0 Å². The largest absolute Gasteiger partial charge is 0.497 e. The fourth-order valence-electron chi connectivity index (χ4n) is 2.90. The smallest absolute Gasteiger partial charge is 0.270 e. The Morgan fingerprint density at radius 2 is 2.00 bits per heavy atom. The molecule has 0 radical (unpaired) electrons. The summed E-state index contributed by atoms with van der Waals surface area (Å²) in [5.41, 5.74) is 0.600. The quantitative estimate of drug-likeness (QED) is 0.373. The molecule has 8 nitrogen and oxygen atoms in total. The molecule has 2 aromatic carbocycles. The van der Waals surface area contributed by atoms with Gasteiger partial charge in [0.1, 0.15) is 5.75 Å². The maximum absolute atomic E-state index is 13.4. The second kappa shape index (κ2) is 9.38. The molecule has 3 aromatic rings. The maximum Gasteiger partial charge on any atom is 0.270 e. The van der Waals surface area contributed by atoms with E-state index >= 15 is 0 Å². The summed E-state index contributed by atoms with van der Waals surface area (Å²) >= 11 is 7.59. The first kappa shape index (κ1) is 21.9. The molecule has 0 bridgehead atoms. The first-order valence-electron chi connectivity index (χ1n) is 9.15. The Balaban J connectivity index is 2.01. The van der Waals surface area contributed by atoms with Crippen LogP contribution in [0, 0.1) is 10.1 Å². The number of non-ortho nitro benzene ring substituents is 1. The number of nitrogens with zero attached hydrogens (tertiary/aromatic N) is 4. The summed E-state index contributed by atoms with van der Waals surface area (Å²) in [6, 6.07) is 9.38. The number of aromatic nitrogens is 1. The van der Waals surface area contributed by atoms with Crippen LogP contribution in [0.25, 0.3) is 10.2 Å². The third kappa shape index (κ3) is 4.86. The Kier molecular flexibility index (Phi) is 6.86. The summed E-state index contributed by atoms with van der Waals surface area (Å²) < 4.78 is 6.15. The van der Waals surface area contributed by atoms with E-state index in [4.69, 9.17) is 16.3 Å². The summed E-state index contributed by atoms with van der Waals surface area (Å²) in [6.07, 6.45) is 0.699. The van der Waals surface area contributed by atoms with Gasteiger partial charge in [0, 0.05) is 24.7 Å². The van der Waals surface area contributed by atoms with E-state index < -0.39 is 10.8 Å². The molecule has 0 fully saturated rings. The molecule has 30 heavy (non-hydrogen) atoms. The van der Waals surface area contributed by atoms with Crippen LogP contribution < -0.4 is 9.64 Å². The molecule has 0 aliphatic rings. The molecule has 158 valence electrons. The summed E-state index contributed by atoms with van der Waals surface area (Å²) in [6.45, 7) is 1.16. The van der Waals surface area contributed by atoms with Gasteiger partial charge in [-0.3, -0.25) is 19.8 Å². The van der Waals surface area contributed by atoms with Crippen molar-refractivity contribution in [3.05, 3.63) is 57.1 Å². The molecule has 0 aliphatic heterocycles. The minimum atomic E-state index is -0.548. The lowest BCUT2D eigenvalue weighted by molar-refractivity contribution is -0.384. The normalized spacial score (nSPS) is 11.1. The Morgan fingerprint density at radius 1 is 1.23 bits per heavy atom. The predicted octanol–water partition coefficient (Wildman–Crippen LogP) is 4.47. The summed E-state index contributed by atoms with van der Waals surface area (Å²) in [5.74, 6) is 0.250. The number of thiazole rings is 1. The highest BCUT2D eigenvalue weighted by Gasteiger charge is 2.25. The van der Waals surface area contributed by atoms with Crippen LogP contribution in [-0.2, 0) is 0 Å². The number of fused-ring (bicyclic) bond motifs is 1. The van der Waals surface area contributed by atoms with Crippen molar-refractivity contribution in [1.82, 2.24) is 9.88 Å². The van der Waals surface area contributed by atoms with Gasteiger partial charge < -0.3 is 9.64 Å². The average molecular weight is 449 g/mol. The zero-order chi connectivity index (χ0) is 21.8. The maximum atomic E-state index is 13.4. The minimum absolute atomic E-state index is 0.0764. The lowest BCUT2D eigenvalue weighted by Gasteiger charge is -2.21. The number of hydrogen-bond acceptors (Lipinski definition) is 7. The highest BCUT2D eigenvalue weighted by atomic mass is 35.5. The Labute approximate surface area is 182 Å². The Morgan fingerprint density at radius 3 is 2.67 bits per heavy atom. The molecule has 10 heteroatoms. The van der Waals surface area contributed by atoms with Crippen LogP contribution in [0.15, 0.2) is 36.4 Å². The molecular formula is C20H21ClN4O4S. The molecule has 1 amide bonds. The zero-order valence-corrected chi connectivity index (χ0v) is 18.4. The van der Waals surface area contributed by atoms with Crippen LogP contribution in [-0.4, -0.2) is 55.0 Å². The van der Waals surface area contributed by atoms with Crippen molar-refractivity contribution in [2.45, 2.75) is 6.42 Å². The van der Waals surface area contributed by atoms with Crippen LogP contribution >= 0.6 is 22.9 Å². The van der Waals surface area contributed by atoms with Gasteiger partial charge in [0.05, 0.1) is 32.8 Å². The molecule has 0 N–H and O–H groups in total. The van der Waals surface area contributed by atoms with E-state index in [-0.39, 0.29) is 16.3 Å². The van der Waals surface area contributed by atoms with E-state index in [1.165, 1.54) is 34.4 Å². The molecule has 0 aliphatic carbocycles. The third-order valence-electron chi connectivity index (χ3n) is 4.44. The summed E-state index contributed by atoms with van der Waals surface area (Å²) in [5, 5.41) is 11.8. The molecule has 1 aromatic heterocycles. The zero-order valence-electron chi connectivity index (χ0n) is 16.8. The number of anilines is 1. The SMILES string of the molecule is COc1ccc2sc(N(CCCN(C)C)C(=O)c3cc([N+](=O)[O-])ccc3Cl)nc2c1. The van der Waals surface area contributed by atoms with Gasteiger partial charge in [0.2, 0.25) is 0 Å². The van der Waals surface area contributed by atoms with Crippen molar-refractivity contribution < 1.29 is 14.5 Å². The lowest BCUT2D eigenvalue weighted by atomic mass is 10.1. The van der Waals surface area contributed by atoms with Gasteiger partial charge in [-0.05, 0) is 45.3 Å². The molecule has 0 atom stereocenters. The van der Waals surface area contributed by atoms with Gasteiger partial charge in [-0.1, -0.05) is 22.9 Å². The monoisotopic (exact) mass is 448 g/mol. The number of rotatable bonds is 8. The number of halogens is 1. The van der Waals surface area contributed by atoms with E-state index in [1.807, 2.05) is 31.1 Å². The van der Waals surface area contributed by atoms with Gasteiger partial charge in [-0.25, -0.2) is 4.98 Å². The number of methoxy groups -OCH3 is 1. The van der Waals surface area contributed by atoms with Gasteiger partial charge >= 0.3 is 0 Å². The van der Waals surface area contributed by atoms with E-state index in [1.54, 1.807) is 13.2 Å². The van der Waals surface area contributed by atoms with Crippen molar-refractivity contribution in [3.63, 3.8) is 0 Å². The fraction of sp³-hybridized carbons (Fsp3) is 0.300. The van der Waals surface area contributed by atoms with Crippen molar-refractivity contribution in [2.24, 2.45) is 0 Å². The highest BCUT2D eigenvalue weighted by molar-refractivity contribution is 7.22. The predicted molar refractivity (Wildman–Crippen MR) is 119 cm³/mol. The molecule has 3 rings (SSSR count). The number of benzene rings is 2. The van der Waals surface area contributed by atoms with Crippen molar-refractivity contribution in [2.75, 3.05) is 39.2 Å². The van der Waals surface area contributed by atoms with Crippen LogP contribution in [0.2, 0.25) is 5.02 Å². The molecule has 0 saturated carbocycles. The van der Waals surface area contributed by atoms with E-state index in [2.05, 4.69) is 4.98 Å². The third-order valence-corrected chi connectivity index (χ3v) is 5.83. The number of carbonyl (C=O) groups is 1. The number of nitro benzene ring substituents is 1. The summed E-state index contributed by atoms with van der Waals surface area (Å²) in [4.78, 5) is 32.1. The number of ether oxygens (including phenoxy) is 1. The van der Waals surface area contributed by atoms with Gasteiger partial charge in [-0.15, -0.1) is 0 Å². The minimum Gasteiger partial charge on any atom is -0.497 e. The van der Waals surface area contributed by atoms with Crippen molar-refractivity contribution in [1.29, 1.82) is 0 Å². The van der Waals surface area contributed by atoms with Crippen LogP contribution in [0.1, 0.15) is 16.8 Å². The average Bonchev–Trinajstić information content (AvgIpc) is 3.13. The van der Waals surface area contributed by atoms with Crippen LogP contribution in [0.3, 0.4) is 0 Å². The first-order valence-corrected chi connectivity index (χ1v) is 10.3. The first-order chi connectivity index (χ1) is 14.3. The number of hydrogen-bond donors (Lipinski definition) is 0. The molecule has 1 heterocycles. The van der Waals surface area contributed by atoms with Gasteiger partial charge in [0.15, 0.2) is 5.13 Å². The van der Waals surface area contributed by atoms with Crippen molar-refractivity contribution >= 4 is 49.9 Å².